The quantitative estimate of drug-likeness (QED) is 0.0344. The Morgan fingerprint density at radius 2 is 0.556 bits per heavy atom. The van der Waals surface area contributed by atoms with E-state index in [1.807, 2.05) is 0 Å². The minimum Gasteiger partial charge on any atom is -0.462 e. The molecule has 0 aromatic carbocycles. The average molecular weight is 892 g/mol. The van der Waals surface area contributed by atoms with Crippen molar-refractivity contribution >= 4 is 17.9 Å². The van der Waals surface area contributed by atoms with Crippen LogP contribution < -0.4 is 0 Å². The molecule has 0 spiro atoms. The van der Waals surface area contributed by atoms with E-state index >= 15 is 0 Å². The van der Waals surface area contributed by atoms with Gasteiger partial charge in [0, 0.05) is 19.3 Å². The lowest BCUT2D eigenvalue weighted by molar-refractivity contribution is -0.167. The van der Waals surface area contributed by atoms with Crippen molar-refractivity contribution < 1.29 is 28.6 Å². The van der Waals surface area contributed by atoms with Gasteiger partial charge in [0.05, 0.1) is 0 Å². The molecule has 0 rings (SSSR count). The molecular weight excluding hydrogens is 781 g/mol. The molecule has 0 bridgehead atoms. The third-order valence-corrected chi connectivity index (χ3v) is 13.3. The van der Waals surface area contributed by atoms with Gasteiger partial charge in [-0.1, -0.05) is 273 Å². The number of hydrogen-bond donors (Lipinski definition) is 0. The van der Waals surface area contributed by atoms with Crippen LogP contribution in [0.15, 0.2) is 0 Å². The van der Waals surface area contributed by atoms with Gasteiger partial charge >= 0.3 is 17.9 Å². The minimum absolute atomic E-state index is 0.0645. The first-order chi connectivity index (χ1) is 30.6. The van der Waals surface area contributed by atoms with E-state index in [1.165, 1.54) is 193 Å². The van der Waals surface area contributed by atoms with Crippen LogP contribution in [0.2, 0.25) is 0 Å². The summed E-state index contributed by atoms with van der Waals surface area (Å²) >= 11 is 0. The van der Waals surface area contributed by atoms with Crippen LogP contribution >= 0.6 is 0 Å². The molecule has 374 valence electrons. The largest absolute Gasteiger partial charge is 0.462 e. The predicted molar refractivity (Wildman–Crippen MR) is 270 cm³/mol. The van der Waals surface area contributed by atoms with Crippen LogP contribution in [-0.2, 0) is 28.6 Å². The normalized spacial score (nSPS) is 12.6. The van der Waals surface area contributed by atoms with E-state index in [-0.39, 0.29) is 31.1 Å². The number of rotatable bonds is 50. The van der Waals surface area contributed by atoms with Gasteiger partial charge in [-0.15, -0.1) is 0 Å². The maximum absolute atomic E-state index is 12.8. The molecule has 0 saturated heterocycles. The Hall–Kier alpha value is -1.59. The molecule has 0 aliphatic rings. The second-order valence-electron chi connectivity index (χ2n) is 20.8. The number of carbonyl (C=O) groups is 3. The molecule has 0 aromatic rings. The smallest absolute Gasteiger partial charge is 0.306 e. The summed E-state index contributed by atoms with van der Waals surface area (Å²) < 4.78 is 16.8. The van der Waals surface area contributed by atoms with E-state index in [2.05, 4.69) is 41.5 Å². The molecule has 1 unspecified atom stereocenters. The van der Waals surface area contributed by atoms with Crippen LogP contribution in [0.1, 0.15) is 311 Å². The van der Waals surface area contributed by atoms with Crippen LogP contribution in [0.25, 0.3) is 0 Å². The van der Waals surface area contributed by atoms with Crippen molar-refractivity contribution in [2.75, 3.05) is 13.2 Å². The van der Waals surface area contributed by atoms with Crippen molar-refractivity contribution in [3.8, 4) is 0 Å². The monoisotopic (exact) mass is 891 g/mol. The zero-order chi connectivity index (χ0) is 46.3. The number of unbranched alkanes of at least 4 members (excludes halogenated alkanes) is 32. The summed E-state index contributed by atoms with van der Waals surface area (Å²) in [5, 5.41) is 0. The average Bonchev–Trinajstić information content (AvgIpc) is 3.25. The molecule has 2 atom stereocenters. The van der Waals surface area contributed by atoms with Gasteiger partial charge in [-0.2, -0.15) is 0 Å². The summed E-state index contributed by atoms with van der Waals surface area (Å²) in [6.07, 6.45) is 49.6. The van der Waals surface area contributed by atoms with E-state index in [9.17, 15) is 14.4 Å². The molecule has 0 aromatic heterocycles. The van der Waals surface area contributed by atoms with Gasteiger partial charge in [0.2, 0.25) is 0 Å². The fourth-order valence-electron chi connectivity index (χ4n) is 8.61. The van der Waals surface area contributed by atoms with Crippen molar-refractivity contribution in [2.45, 2.75) is 317 Å². The fraction of sp³-hybridized carbons (Fsp3) is 0.947. The summed E-state index contributed by atoms with van der Waals surface area (Å²) in [6.45, 7) is 13.7. The Morgan fingerprint density at radius 1 is 0.317 bits per heavy atom. The molecule has 6 heteroatoms. The molecule has 0 aliphatic heterocycles. The van der Waals surface area contributed by atoms with Crippen LogP contribution in [-0.4, -0.2) is 37.2 Å². The number of hydrogen-bond acceptors (Lipinski definition) is 6. The Morgan fingerprint density at radius 3 is 0.825 bits per heavy atom. The van der Waals surface area contributed by atoms with Gasteiger partial charge < -0.3 is 14.2 Å². The van der Waals surface area contributed by atoms with E-state index in [0.717, 1.165) is 75.5 Å². The molecule has 63 heavy (non-hydrogen) atoms. The maximum atomic E-state index is 12.8. The zero-order valence-corrected chi connectivity index (χ0v) is 43.4. The summed E-state index contributed by atoms with van der Waals surface area (Å²) in [5.41, 5.74) is 0. The van der Waals surface area contributed by atoms with Crippen molar-refractivity contribution in [1.82, 2.24) is 0 Å². The minimum atomic E-state index is -0.763. The lowest BCUT2D eigenvalue weighted by Gasteiger charge is -2.18. The highest BCUT2D eigenvalue weighted by atomic mass is 16.6. The van der Waals surface area contributed by atoms with Crippen molar-refractivity contribution in [3.05, 3.63) is 0 Å². The second kappa shape index (κ2) is 48.3. The molecule has 6 nitrogen and oxygen atoms in total. The summed E-state index contributed by atoms with van der Waals surface area (Å²) in [6, 6.07) is 0. The van der Waals surface area contributed by atoms with Crippen LogP contribution in [0, 0.1) is 17.8 Å². The van der Waals surface area contributed by atoms with Gasteiger partial charge in [-0.3, -0.25) is 14.4 Å². The van der Waals surface area contributed by atoms with Gasteiger partial charge in [0.1, 0.15) is 13.2 Å². The first-order valence-electron chi connectivity index (χ1n) is 28.1. The molecule has 0 radical (unpaired) electrons. The molecule has 0 aliphatic carbocycles. The SMILES string of the molecule is CCC(C)CCCCCCCCCCCCC(=O)O[C@@H](COC(=O)CCCCCCCCCCCCCCCCCCCCC(C)C)COC(=O)CCCCCCCCCC(C)C. The Kier molecular flexibility index (Phi) is 47.1. The van der Waals surface area contributed by atoms with Crippen molar-refractivity contribution in [2.24, 2.45) is 17.8 Å². The molecule has 0 saturated carbocycles. The van der Waals surface area contributed by atoms with Crippen molar-refractivity contribution in [3.63, 3.8) is 0 Å². The topological polar surface area (TPSA) is 78.9 Å². The van der Waals surface area contributed by atoms with Gasteiger partial charge in [-0.25, -0.2) is 0 Å². The summed E-state index contributed by atoms with van der Waals surface area (Å²) in [4.78, 5) is 38.0. The third-order valence-electron chi connectivity index (χ3n) is 13.3. The Balaban J connectivity index is 4.22. The molecule has 0 N–H and O–H groups in total. The molecule has 0 amide bonds. The highest BCUT2D eigenvalue weighted by Crippen LogP contribution is 2.19. The second-order valence-corrected chi connectivity index (χ2v) is 20.8. The first-order valence-corrected chi connectivity index (χ1v) is 28.1. The molecule has 0 heterocycles. The van der Waals surface area contributed by atoms with Gasteiger partial charge in [-0.05, 0) is 37.0 Å². The maximum Gasteiger partial charge on any atom is 0.306 e. The Bertz CT molecular complexity index is 978. The summed E-state index contributed by atoms with van der Waals surface area (Å²) in [5.74, 6) is 1.66. The molecular formula is C57H110O6. The third kappa shape index (κ3) is 49.7. The van der Waals surface area contributed by atoms with E-state index in [0.29, 0.717) is 19.3 Å². The highest BCUT2D eigenvalue weighted by molar-refractivity contribution is 5.71. The van der Waals surface area contributed by atoms with Crippen molar-refractivity contribution in [1.29, 1.82) is 0 Å². The van der Waals surface area contributed by atoms with Gasteiger partial charge in [0.25, 0.3) is 0 Å². The van der Waals surface area contributed by atoms with E-state index < -0.39 is 6.10 Å². The lowest BCUT2D eigenvalue weighted by Crippen LogP contribution is -2.30. The number of ether oxygens (including phenoxy) is 3. The van der Waals surface area contributed by atoms with E-state index in [1.54, 1.807) is 0 Å². The zero-order valence-electron chi connectivity index (χ0n) is 43.4. The highest BCUT2D eigenvalue weighted by Gasteiger charge is 2.19. The molecule has 0 fully saturated rings. The van der Waals surface area contributed by atoms with E-state index in [4.69, 9.17) is 14.2 Å². The Labute approximate surface area is 393 Å². The summed E-state index contributed by atoms with van der Waals surface area (Å²) in [7, 11) is 0. The van der Waals surface area contributed by atoms with Crippen LogP contribution in [0.3, 0.4) is 0 Å². The first kappa shape index (κ1) is 61.4. The van der Waals surface area contributed by atoms with Crippen LogP contribution in [0.5, 0.6) is 0 Å². The number of esters is 3. The fourth-order valence-corrected chi connectivity index (χ4v) is 8.61. The predicted octanol–water partition coefficient (Wildman–Crippen LogP) is 18.3. The van der Waals surface area contributed by atoms with Crippen LogP contribution in [0.4, 0.5) is 0 Å². The standard InChI is InChI=1S/C57H110O6/c1-7-53(6)45-39-33-27-21-18-19-23-29-36-42-48-57(60)63-54(50-62-56(59)47-41-35-30-24-26-32-38-44-52(4)5)49-61-55(58)46-40-34-28-22-17-15-13-11-9-8-10-12-14-16-20-25-31-37-43-51(2)3/h51-54H,7-50H2,1-6H3/t53?,54-/m0/s1. The van der Waals surface area contributed by atoms with Gasteiger partial charge in [0.15, 0.2) is 6.10 Å². The lowest BCUT2D eigenvalue weighted by atomic mass is 9.99. The number of carbonyl (C=O) groups excluding carboxylic acids is 3.